The van der Waals surface area contributed by atoms with Gasteiger partial charge in [0, 0.05) is 27.8 Å². The zero-order valence-corrected chi connectivity index (χ0v) is 39.2. The first-order valence-corrected chi connectivity index (χ1v) is 25.1. The number of fused-ring (bicyclic) bond motifs is 19. The fourth-order valence-corrected chi connectivity index (χ4v) is 13.3. The zero-order chi connectivity index (χ0) is 47.1. The van der Waals surface area contributed by atoms with E-state index >= 15 is 0 Å². The Bertz CT molecular complexity index is 4400. The van der Waals surface area contributed by atoms with E-state index in [4.69, 9.17) is 4.42 Å². The molecule has 0 N–H and O–H groups in total. The first-order chi connectivity index (χ1) is 35.7. The minimum absolute atomic E-state index is 0.601. The van der Waals surface area contributed by atoms with E-state index in [0.29, 0.717) is 0 Å². The Morgan fingerprint density at radius 3 is 1.71 bits per heavy atom. The van der Waals surface area contributed by atoms with Crippen LogP contribution < -0.4 is 4.90 Å². The van der Waals surface area contributed by atoms with Crippen molar-refractivity contribution in [1.82, 2.24) is 0 Å². The van der Waals surface area contributed by atoms with Crippen molar-refractivity contribution in [3.63, 3.8) is 0 Å². The van der Waals surface area contributed by atoms with Crippen LogP contribution in [0.1, 0.15) is 33.4 Å². The summed E-state index contributed by atoms with van der Waals surface area (Å²) in [5, 5.41) is 7.25. The van der Waals surface area contributed by atoms with Gasteiger partial charge in [0.1, 0.15) is 11.2 Å². The summed E-state index contributed by atoms with van der Waals surface area (Å²) in [5.41, 5.74) is 25.2. The molecule has 3 aliphatic rings. The van der Waals surface area contributed by atoms with Gasteiger partial charge in [0.2, 0.25) is 0 Å². The highest BCUT2D eigenvalue weighted by Gasteiger charge is 2.52. The molecule has 1 heterocycles. The maximum Gasteiger partial charge on any atom is 0.135 e. The quantitative estimate of drug-likeness (QED) is 0.171. The summed E-state index contributed by atoms with van der Waals surface area (Å²) < 4.78 is 6.43. The van der Waals surface area contributed by atoms with E-state index in [1.54, 1.807) is 0 Å². The third kappa shape index (κ3) is 5.44. The summed E-state index contributed by atoms with van der Waals surface area (Å²) in [6.45, 7) is 0. The molecule has 16 rings (SSSR count). The van der Waals surface area contributed by atoms with Gasteiger partial charge in [0.15, 0.2) is 0 Å². The summed E-state index contributed by atoms with van der Waals surface area (Å²) in [6, 6.07) is 93.0. The number of para-hydroxylation sites is 1. The van der Waals surface area contributed by atoms with Gasteiger partial charge in [-0.15, -0.1) is 0 Å². The molecule has 3 aliphatic carbocycles. The molecule has 2 heteroatoms. The Hall–Kier alpha value is -9.24. The first kappa shape index (κ1) is 39.6. The smallest absolute Gasteiger partial charge is 0.135 e. The molecule has 0 fully saturated rings. The average molecular weight is 914 g/mol. The van der Waals surface area contributed by atoms with Gasteiger partial charge in [0.05, 0.1) is 5.41 Å². The summed E-state index contributed by atoms with van der Waals surface area (Å²) in [4.78, 5) is 2.48. The third-order valence-electron chi connectivity index (χ3n) is 16.3. The molecule has 0 atom stereocenters. The van der Waals surface area contributed by atoms with Gasteiger partial charge in [0.25, 0.3) is 0 Å². The van der Waals surface area contributed by atoms with Crippen molar-refractivity contribution in [2.75, 3.05) is 4.90 Å². The topological polar surface area (TPSA) is 16.4 Å². The highest BCUT2D eigenvalue weighted by molar-refractivity contribution is 6.12. The Labute approximate surface area is 417 Å². The molecule has 334 valence electrons. The number of nitrogens with zero attached hydrogens (tertiary/aromatic N) is 1. The van der Waals surface area contributed by atoms with Crippen molar-refractivity contribution in [1.29, 1.82) is 0 Å². The molecule has 13 aromatic rings. The number of anilines is 3. The van der Waals surface area contributed by atoms with Gasteiger partial charge in [-0.2, -0.15) is 0 Å². The van der Waals surface area contributed by atoms with Gasteiger partial charge in [-0.3, -0.25) is 0 Å². The van der Waals surface area contributed by atoms with Gasteiger partial charge in [-0.05, 0) is 178 Å². The van der Waals surface area contributed by atoms with Crippen LogP contribution >= 0.6 is 0 Å². The molecular formula is C70H43NO. The molecular weight excluding hydrogens is 871 g/mol. The standard InChI is InChI=1S/C70H43NO/c1-3-20-51-43(15-1)17-14-27-53(51)45-18-13-19-46(37-45)61-42-66-69(59-26-6-5-22-55(59)61)60-35-32-50(41-65(60)70(66)63-28-10-7-23-56(63)57-24-8-11-29-64(57)70)71(48-31-34-54-47(39-48)38-44-16-2-4-21-52(44)54)49-33-36-68-62(40-49)58-25-9-12-30-67(58)72-68/h1-37,39-42H,38H2. The lowest BCUT2D eigenvalue weighted by Gasteiger charge is -2.32. The lowest BCUT2D eigenvalue weighted by Crippen LogP contribution is -2.26. The van der Waals surface area contributed by atoms with Crippen LogP contribution in [0.4, 0.5) is 17.1 Å². The van der Waals surface area contributed by atoms with Crippen LogP contribution in [0.25, 0.3) is 99.1 Å². The van der Waals surface area contributed by atoms with Crippen molar-refractivity contribution >= 4 is 60.5 Å². The minimum Gasteiger partial charge on any atom is -0.456 e. The molecule has 1 aromatic heterocycles. The lowest BCUT2D eigenvalue weighted by molar-refractivity contribution is 0.669. The Balaban J connectivity index is 0.961. The maximum absolute atomic E-state index is 6.43. The first-order valence-electron chi connectivity index (χ1n) is 25.1. The predicted molar refractivity (Wildman–Crippen MR) is 299 cm³/mol. The highest BCUT2D eigenvalue weighted by atomic mass is 16.3. The summed E-state index contributed by atoms with van der Waals surface area (Å²) in [6.07, 6.45) is 0.912. The van der Waals surface area contributed by atoms with E-state index < -0.39 is 5.41 Å². The van der Waals surface area contributed by atoms with Gasteiger partial charge in [-0.1, -0.05) is 188 Å². The molecule has 0 radical (unpaired) electrons. The molecule has 0 saturated carbocycles. The van der Waals surface area contributed by atoms with Crippen LogP contribution in [0, 0.1) is 0 Å². The van der Waals surface area contributed by atoms with E-state index in [0.717, 1.165) is 45.4 Å². The van der Waals surface area contributed by atoms with Crippen molar-refractivity contribution in [3.8, 4) is 55.6 Å². The average Bonchev–Trinajstić information content (AvgIpc) is 4.18. The molecule has 72 heavy (non-hydrogen) atoms. The fraction of sp³-hybridized carbons (Fsp3) is 0.0286. The molecule has 0 saturated heterocycles. The van der Waals surface area contributed by atoms with E-state index in [9.17, 15) is 0 Å². The predicted octanol–water partition coefficient (Wildman–Crippen LogP) is 18.6. The SMILES string of the molecule is c1cc(-c2cccc3ccccc23)cc(-c2cc3c(c4ccccc24)-c2ccc(N(c4ccc5c(c4)Cc4ccccc4-5)c4ccc5oc6ccccc6c5c4)cc2C32c3ccccc3-c3ccccc32)c1. The second-order valence-corrected chi connectivity index (χ2v) is 19.9. The van der Waals surface area contributed by atoms with Crippen molar-refractivity contribution in [3.05, 3.63) is 282 Å². The van der Waals surface area contributed by atoms with Gasteiger partial charge >= 0.3 is 0 Å². The maximum atomic E-state index is 6.43. The van der Waals surface area contributed by atoms with Crippen LogP contribution in [0.15, 0.2) is 253 Å². The number of hydrogen-bond donors (Lipinski definition) is 0. The van der Waals surface area contributed by atoms with Crippen molar-refractivity contribution < 1.29 is 4.42 Å². The Morgan fingerprint density at radius 1 is 0.306 bits per heavy atom. The molecule has 0 aliphatic heterocycles. The van der Waals surface area contributed by atoms with E-state index in [2.05, 4.69) is 248 Å². The Morgan fingerprint density at radius 2 is 0.875 bits per heavy atom. The molecule has 0 unspecified atom stereocenters. The van der Waals surface area contributed by atoms with Gasteiger partial charge in [-0.25, -0.2) is 0 Å². The van der Waals surface area contributed by atoms with E-state index in [-0.39, 0.29) is 0 Å². The molecule has 1 spiro atoms. The van der Waals surface area contributed by atoms with Crippen LogP contribution in [0.2, 0.25) is 0 Å². The fourth-order valence-electron chi connectivity index (χ4n) is 13.3. The number of hydrogen-bond acceptors (Lipinski definition) is 2. The Kier molecular flexibility index (Phi) is 8.19. The largest absolute Gasteiger partial charge is 0.456 e. The van der Waals surface area contributed by atoms with Crippen LogP contribution in [-0.4, -0.2) is 0 Å². The molecule has 2 nitrogen and oxygen atoms in total. The minimum atomic E-state index is -0.601. The van der Waals surface area contributed by atoms with Crippen molar-refractivity contribution in [2.24, 2.45) is 0 Å². The molecule has 12 aromatic carbocycles. The number of furan rings is 1. The van der Waals surface area contributed by atoms with Crippen LogP contribution in [0.5, 0.6) is 0 Å². The van der Waals surface area contributed by atoms with E-state index in [1.165, 1.54) is 111 Å². The normalized spacial score (nSPS) is 13.3. The van der Waals surface area contributed by atoms with Gasteiger partial charge < -0.3 is 9.32 Å². The van der Waals surface area contributed by atoms with Crippen molar-refractivity contribution in [2.45, 2.75) is 11.8 Å². The monoisotopic (exact) mass is 913 g/mol. The number of benzene rings is 12. The third-order valence-corrected chi connectivity index (χ3v) is 16.3. The highest BCUT2D eigenvalue weighted by Crippen LogP contribution is 2.65. The second kappa shape index (κ2) is 14.9. The molecule has 0 amide bonds. The summed E-state index contributed by atoms with van der Waals surface area (Å²) >= 11 is 0. The number of rotatable bonds is 5. The van der Waals surface area contributed by atoms with E-state index in [1.807, 2.05) is 6.07 Å². The van der Waals surface area contributed by atoms with Crippen LogP contribution in [0.3, 0.4) is 0 Å². The lowest BCUT2D eigenvalue weighted by atomic mass is 9.70. The second-order valence-electron chi connectivity index (χ2n) is 19.9. The van der Waals surface area contributed by atoms with Crippen LogP contribution in [-0.2, 0) is 11.8 Å². The zero-order valence-electron chi connectivity index (χ0n) is 39.2. The molecule has 0 bridgehead atoms. The summed E-state index contributed by atoms with van der Waals surface area (Å²) in [7, 11) is 0. The summed E-state index contributed by atoms with van der Waals surface area (Å²) in [5.74, 6) is 0.